The highest BCUT2D eigenvalue weighted by Gasteiger charge is 2.24. The summed E-state index contributed by atoms with van der Waals surface area (Å²) in [6.07, 6.45) is 8.73. The molecule has 0 aromatic rings. The van der Waals surface area contributed by atoms with E-state index in [1.807, 2.05) is 0 Å². The predicted octanol–water partition coefficient (Wildman–Crippen LogP) is 2.53. The molecule has 0 spiro atoms. The minimum atomic E-state index is 0.745. The fourth-order valence-corrected chi connectivity index (χ4v) is 1.88. The molecule has 0 N–H and O–H groups in total. The van der Waals surface area contributed by atoms with Crippen molar-refractivity contribution in [2.45, 2.75) is 19.3 Å². The van der Waals surface area contributed by atoms with Crippen molar-refractivity contribution in [2.75, 3.05) is 0 Å². The highest BCUT2D eigenvalue weighted by Crippen LogP contribution is 2.38. The first-order chi connectivity index (χ1) is 4.36. The predicted molar refractivity (Wildman–Crippen MR) is 39.1 cm³/mol. The van der Waals surface area contributed by atoms with E-state index in [0.29, 0.717) is 0 Å². The Bertz CT molecular complexity index is 165. The molecular weight excluding hydrogens is 108 g/mol. The minimum Gasteiger partial charge on any atom is -0.0992 e. The molecule has 0 unspecified atom stereocenters. The van der Waals surface area contributed by atoms with Crippen LogP contribution in [0.5, 0.6) is 0 Å². The van der Waals surface area contributed by atoms with Gasteiger partial charge in [0.2, 0.25) is 0 Å². The first-order valence-corrected chi connectivity index (χ1v) is 3.72. The number of rotatable bonds is 0. The molecule has 0 saturated heterocycles. The molecule has 0 heteroatoms. The van der Waals surface area contributed by atoms with Gasteiger partial charge in [-0.1, -0.05) is 24.3 Å². The summed E-state index contributed by atoms with van der Waals surface area (Å²) in [4.78, 5) is 0. The molecule has 0 aromatic carbocycles. The summed E-state index contributed by atoms with van der Waals surface area (Å²) in [6, 6.07) is 0. The monoisotopic (exact) mass is 120 g/mol. The van der Waals surface area contributed by atoms with Gasteiger partial charge in [-0.2, -0.15) is 0 Å². The molecule has 1 fully saturated rings. The summed E-state index contributed by atoms with van der Waals surface area (Å²) >= 11 is 0. The molecule has 0 amide bonds. The van der Waals surface area contributed by atoms with Crippen LogP contribution in [0.15, 0.2) is 24.3 Å². The fourth-order valence-electron chi connectivity index (χ4n) is 1.88. The Morgan fingerprint density at radius 2 is 2.22 bits per heavy atom. The molecule has 0 aliphatic heterocycles. The van der Waals surface area contributed by atoms with E-state index < -0.39 is 0 Å². The van der Waals surface area contributed by atoms with Crippen LogP contribution in [-0.2, 0) is 0 Å². The largest absolute Gasteiger partial charge is 0.0992 e. The van der Waals surface area contributed by atoms with Crippen LogP contribution in [0.1, 0.15) is 19.3 Å². The molecule has 0 radical (unpaired) electrons. The lowest BCUT2D eigenvalue weighted by Gasteiger charge is -2.32. The third kappa shape index (κ3) is 0.735. The minimum absolute atomic E-state index is 0.745. The topological polar surface area (TPSA) is 0 Å². The van der Waals surface area contributed by atoms with Gasteiger partial charge in [-0.05, 0) is 31.1 Å². The Labute approximate surface area is 56.3 Å². The number of allylic oxidation sites excluding steroid dienone is 3. The van der Waals surface area contributed by atoms with Gasteiger partial charge in [0.05, 0.1) is 0 Å². The number of hydrogen-bond acceptors (Lipinski definition) is 0. The van der Waals surface area contributed by atoms with Gasteiger partial charge in [-0.15, -0.1) is 0 Å². The van der Waals surface area contributed by atoms with Gasteiger partial charge in [-0.25, -0.2) is 0 Å². The van der Waals surface area contributed by atoms with Crippen molar-refractivity contribution in [3.63, 3.8) is 0 Å². The summed E-state index contributed by atoms with van der Waals surface area (Å²) in [5.41, 5.74) is 1.47. The molecule has 2 atom stereocenters. The van der Waals surface area contributed by atoms with E-state index in [9.17, 15) is 0 Å². The zero-order valence-corrected chi connectivity index (χ0v) is 5.64. The van der Waals surface area contributed by atoms with Gasteiger partial charge >= 0.3 is 0 Å². The van der Waals surface area contributed by atoms with Crippen molar-refractivity contribution in [3.8, 4) is 0 Å². The summed E-state index contributed by atoms with van der Waals surface area (Å²) in [5.74, 6) is 1.59. The van der Waals surface area contributed by atoms with Gasteiger partial charge < -0.3 is 0 Å². The third-order valence-electron chi connectivity index (χ3n) is 2.51. The lowest BCUT2D eigenvalue weighted by molar-refractivity contribution is 0.412. The fraction of sp³-hybridized carbons (Fsp3) is 0.556. The van der Waals surface area contributed by atoms with Crippen LogP contribution in [0.4, 0.5) is 0 Å². The van der Waals surface area contributed by atoms with Crippen LogP contribution in [0.2, 0.25) is 0 Å². The van der Waals surface area contributed by atoms with Crippen LogP contribution < -0.4 is 0 Å². The van der Waals surface area contributed by atoms with E-state index in [-0.39, 0.29) is 0 Å². The highest BCUT2D eigenvalue weighted by atomic mass is 14.3. The van der Waals surface area contributed by atoms with Crippen LogP contribution >= 0.6 is 0 Å². The van der Waals surface area contributed by atoms with Crippen molar-refractivity contribution < 1.29 is 0 Å². The van der Waals surface area contributed by atoms with Crippen LogP contribution in [0, 0.1) is 11.8 Å². The first kappa shape index (κ1) is 5.28. The average molecular weight is 120 g/mol. The molecule has 3 rings (SSSR count). The van der Waals surface area contributed by atoms with Crippen molar-refractivity contribution in [3.05, 3.63) is 24.3 Å². The van der Waals surface area contributed by atoms with E-state index >= 15 is 0 Å². The van der Waals surface area contributed by atoms with Crippen LogP contribution in [-0.4, -0.2) is 0 Å². The maximum absolute atomic E-state index is 4.05. The van der Waals surface area contributed by atoms with Crippen LogP contribution in [0.3, 0.4) is 0 Å². The smallest absolute Gasteiger partial charge is 0.00254 e. The highest BCUT2D eigenvalue weighted by molar-refractivity contribution is 5.20. The normalized spacial score (nSPS) is 39.8. The summed E-state index contributed by atoms with van der Waals surface area (Å²) in [6.45, 7) is 4.05. The van der Waals surface area contributed by atoms with E-state index in [1.165, 1.54) is 24.8 Å². The number of fused-ring (bicyclic) bond motifs is 2. The van der Waals surface area contributed by atoms with E-state index in [2.05, 4.69) is 18.7 Å². The van der Waals surface area contributed by atoms with Gasteiger partial charge in [-0.3, -0.25) is 0 Å². The molecule has 48 valence electrons. The van der Waals surface area contributed by atoms with E-state index in [4.69, 9.17) is 0 Å². The van der Waals surface area contributed by atoms with Crippen molar-refractivity contribution in [2.24, 2.45) is 11.8 Å². The SMILES string of the molecule is C=C1C[C@@H]2C=C[C@H]1CC2. The van der Waals surface area contributed by atoms with Gasteiger partial charge in [0.1, 0.15) is 0 Å². The van der Waals surface area contributed by atoms with Crippen molar-refractivity contribution in [1.29, 1.82) is 0 Å². The maximum Gasteiger partial charge on any atom is -0.00254 e. The zero-order valence-electron chi connectivity index (χ0n) is 5.64. The molecule has 0 aromatic heterocycles. The lowest BCUT2D eigenvalue weighted by atomic mass is 9.73. The second-order valence-corrected chi connectivity index (χ2v) is 3.19. The van der Waals surface area contributed by atoms with Gasteiger partial charge in [0.25, 0.3) is 0 Å². The van der Waals surface area contributed by atoms with Crippen LogP contribution in [0.25, 0.3) is 0 Å². The number of hydrogen-bond donors (Lipinski definition) is 0. The molecule has 0 heterocycles. The van der Waals surface area contributed by atoms with Gasteiger partial charge in [0.15, 0.2) is 0 Å². The standard InChI is InChI=1S/C9H12/c1-7-6-8-2-4-9(7)5-3-8/h2,4,8-9H,1,3,5-6H2/t8-,9+/m1/s1. The van der Waals surface area contributed by atoms with Crippen molar-refractivity contribution >= 4 is 0 Å². The zero-order chi connectivity index (χ0) is 6.27. The first-order valence-electron chi connectivity index (χ1n) is 3.72. The summed E-state index contributed by atoms with van der Waals surface area (Å²) < 4.78 is 0. The molecule has 9 heavy (non-hydrogen) atoms. The Morgan fingerprint density at radius 1 is 1.33 bits per heavy atom. The molecule has 3 aliphatic carbocycles. The van der Waals surface area contributed by atoms with E-state index in [0.717, 1.165) is 11.8 Å². The average Bonchev–Trinajstić information content (AvgIpc) is 1.90. The summed E-state index contributed by atoms with van der Waals surface area (Å²) in [5, 5.41) is 0. The molecule has 1 saturated carbocycles. The third-order valence-corrected chi connectivity index (χ3v) is 2.51. The second-order valence-electron chi connectivity index (χ2n) is 3.19. The Morgan fingerprint density at radius 3 is 2.44 bits per heavy atom. The second kappa shape index (κ2) is 1.73. The lowest BCUT2D eigenvalue weighted by Crippen LogP contribution is -2.18. The van der Waals surface area contributed by atoms with Gasteiger partial charge in [0, 0.05) is 0 Å². The summed E-state index contributed by atoms with van der Waals surface area (Å²) in [7, 11) is 0. The Balaban J connectivity index is 2.29. The molecule has 2 bridgehead atoms. The Hall–Kier alpha value is -0.520. The molecule has 3 aliphatic rings. The Kier molecular flexibility index (Phi) is 1.01. The van der Waals surface area contributed by atoms with E-state index in [1.54, 1.807) is 0 Å². The quantitative estimate of drug-likeness (QED) is 0.431. The molecular formula is C9H12. The van der Waals surface area contributed by atoms with Crippen molar-refractivity contribution in [1.82, 2.24) is 0 Å². The molecule has 0 nitrogen and oxygen atoms in total. The maximum atomic E-state index is 4.05.